The lowest BCUT2D eigenvalue weighted by Crippen LogP contribution is -1.72. The number of hydrogen-bond donors (Lipinski definition) is 1. The maximum Gasteiger partial charge on any atom is 0.244 e. The number of benzene rings is 2. The van der Waals surface area contributed by atoms with Gasteiger partial charge in [-0.15, -0.1) is 0 Å². The molecule has 0 bridgehead atoms. The Kier molecular flexibility index (Phi) is 4.51. The van der Waals surface area contributed by atoms with E-state index >= 15 is 0 Å². The molecule has 0 aromatic heterocycles. The highest BCUT2D eigenvalue weighted by molar-refractivity contribution is 7.64. The summed E-state index contributed by atoms with van der Waals surface area (Å²) in [5.74, 6) is 2.70. The Bertz CT molecular complexity index is 562. The van der Waals surface area contributed by atoms with Crippen LogP contribution in [0.25, 0.3) is 12.2 Å². The van der Waals surface area contributed by atoms with Gasteiger partial charge in [0.1, 0.15) is 0 Å². The van der Waals surface area contributed by atoms with E-state index in [0.29, 0.717) is 0 Å². The molecule has 2 nitrogen and oxygen atoms in total. The molecule has 2 aromatic carbocycles. The van der Waals surface area contributed by atoms with Crippen molar-refractivity contribution in [2.24, 2.45) is 0 Å². The third kappa shape index (κ3) is 4.70. The fourth-order valence-corrected chi connectivity index (χ4v) is 2.43. The van der Waals surface area contributed by atoms with Crippen molar-refractivity contribution in [3.05, 3.63) is 83.4 Å². The Balaban J connectivity index is 2.09. The van der Waals surface area contributed by atoms with E-state index in [4.69, 9.17) is 0 Å². The Morgan fingerprint density at radius 1 is 0.737 bits per heavy atom. The molecule has 0 amide bonds. The van der Waals surface area contributed by atoms with Crippen LogP contribution in [-0.4, -0.2) is 4.89 Å². The van der Waals surface area contributed by atoms with Gasteiger partial charge < -0.3 is 4.89 Å². The Morgan fingerprint density at radius 2 is 1.11 bits per heavy atom. The highest BCUT2D eigenvalue weighted by Gasteiger charge is 2.07. The predicted molar refractivity (Wildman–Crippen MR) is 80.8 cm³/mol. The Labute approximate surface area is 113 Å². The standard InChI is InChI=1S/C16H15O2P/c17-19(18,13-11-15-7-3-1-4-8-15)14-12-16-9-5-2-6-10-16/h1-14H,(H,17,18). The third-order valence-electron chi connectivity index (χ3n) is 2.56. The first kappa shape index (κ1) is 13.5. The molecule has 0 radical (unpaired) electrons. The van der Waals surface area contributed by atoms with Crippen molar-refractivity contribution < 1.29 is 9.46 Å². The van der Waals surface area contributed by atoms with Crippen LogP contribution in [0.2, 0.25) is 0 Å². The van der Waals surface area contributed by atoms with E-state index in [1.54, 1.807) is 12.2 Å². The van der Waals surface area contributed by atoms with Gasteiger partial charge in [0.15, 0.2) is 0 Å². The van der Waals surface area contributed by atoms with Crippen molar-refractivity contribution in [3.8, 4) is 0 Å². The minimum atomic E-state index is -3.38. The van der Waals surface area contributed by atoms with Gasteiger partial charge in [-0.2, -0.15) is 0 Å². The average Bonchev–Trinajstić information content (AvgIpc) is 2.46. The highest BCUT2D eigenvalue weighted by atomic mass is 31.2. The highest BCUT2D eigenvalue weighted by Crippen LogP contribution is 2.45. The molecule has 0 unspecified atom stereocenters. The summed E-state index contributed by atoms with van der Waals surface area (Å²) in [4.78, 5) is 9.82. The normalized spacial score (nSPS) is 14.8. The largest absolute Gasteiger partial charge is 0.339 e. The lowest BCUT2D eigenvalue weighted by molar-refractivity contribution is 0.499. The molecule has 2 aromatic rings. The monoisotopic (exact) mass is 270 g/mol. The zero-order valence-corrected chi connectivity index (χ0v) is 11.3. The van der Waals surface area contributed by atoms with Crippen LogP contribution in [0.3, 0.4) is 0 Å². The fraction of sp³-hybridized carbons (Fsp3) is 0. The van der Waals surface area contributed by atoms with Crippen molar-refractivity contribution >= 4 is 19.5 Å². The molecule has 0 spiro atoms. The van der Waals surface area contributed by atoms with Gasteiger partial charge in [-0.1, -0.05) is 60.7 Å². The van der Waals surface area contributed by atoms with Crippen LogP contribution in [0.5, 0.6) is 0 Å². The van der Waals surface area contributed by atoms with Gasteiger partial charge in [0.05, 0.1) is 0 Å². The van der Waals surface area contributed by atoms with Crippen LogP contribution in [0.1, 0.15) is 11.1 Å². The van der Waals surface area contributed by atoms with Crippen molar-refractivity contribution in [1.29, 1.82) is 0 Å². The summed E-state index contributed by atoms with van der Waals surface area (Å²) in [7, 11) is -3.38. The minimum absolute atomic E-state index is 0.907. The average molecular weight is 270 g/mol. The molecule has 2 rings (SSSR count). The number of rotatable bonds is 4. The van der Waals surface area contributed by atoms with Crippen molar-refractivity contribution in [3.63, 3.8) is 0 Å². The summed E-state index contributed by atoms with van der Waals surface area (Å²) in [5.41, 5.74) is 1.81. The van der Waals surface area contributed by atoms with E-state index in [1.807, 2.05) is 60.7 Å². The summed E-state index contributed by atoms with van der Waals surface area (Å²) < 4.78 is 11.9. The smallest absolute Gasteiger partial charge is 0.244 e. The van der Waals surface area contributed by atoms with Crippen LogP contribution in [0.4, 0.5) is 0 Å². The Morgan fingerprint density at radius 3 is 1.47 bits per heavy atom. The van der Waals surface area contributed by atoms with Crippen molar-refractivity contribution in [2.75, 3.05) is 0 Å². The zero-order chi connectivity index (χ0) is 13.6. The molecule has 0 atom stereocenters. The molecule has 0 heterocycles. The molecule has 0 fully saturated rings. The van der Waals surface area contributed by atoms with Gasteiger partial charge in [-0.05, 0) is 23.3 Å². The summed E-state index contributed by atoms with van der Waals surface area (Å²) in [5, 5.41) is 0. The molecule has 96 valence electrons. The van der Waals surface area contributed by atoms with Crippen LogP contribution in [-0.2, 0) is 4.57 Å². The van der Waals surface area contributed by atoms with Gasteiger partial charge in [0.2, 0.25) is 7.37 Å². The first-order valence-corrected chi connectivity index (χ1v) is 7.76. The van der Waals surface area contributed by atoms with Crippen molar-refractivity contribution in [2.45, 2.75) is 0 Å². The van der Waals surface area contributed by atoms with Crippen LogP contribution < -0.4 is 0 Å². The molecule has 3 heteroatoms. The topological polar surface area (TPSA) is 37.3 Å². The predicted octanol–water partition coefficient (Wildman–Crippen LogP) is 4.60. The number of hydrogen-bond acceptors (Lipinski definition) is 1. The van der Waals surface area contributed by atoms with Gasteiger partial charge >= 0.3 is 0 Å². The molecule has 0 saturated heterocycles. The quantitative estimate of drug-likeness (QED) is 0.824. The van der Waals surface area contributed by atoms with Gasteiger partial charge in [-0.25, -0.2) is 0 Å². The molecule has 0 saturated carbocycles. The van der Waals surface area contributed by atoms with E-state index in [-0.39, 0.29) is 0 Å². The van der Waals surface area contributed by atoms with Crippen LogP contribution >= 0.6 is 7.37 Å². The second kappa shape index (κ2) is 6.33. The summed E-state index contributed by atoms with van der Waals surface area (Å²) in [6.45, 7) is 0. The molecular formula is C16H15O2P. The van der Waals surface area contributed by atoms with E-state index < -0.39 is 7.37 Å². The molecule has 0 aliphatic rings. The molecule has 0 aliphatic carbocycles. The minimum Gasteiger partial charge on any atom is -0.339 e. The second-order valence-electron chi connectivity index (χ2n) is 4.13. The maximum atomic E-state index is 11.9. The maximum absolute atomic E-state index is 11.9. The second-order valence-corrected chi connectivity index (χ2v) is 6.07. The summed E-state index contributed by atoms with van der Waals surface area (Å²) in [6, 6.07) is 18.9. The lowest BCUT2D eigenvalue weighted by atomic mass is 10.2. The van der Waals surface area contributed by atoms with Crippen LogP contribution in [0, 0.1) is 0 Å². The lowest BCUT2D eigenvalue weighted by Gasteiger charge is -2.00. The van der Waals surface area contributed by atoms with Gasteiger partial charge in [-0.3, -0.25) is 4.57 Å². The molecule has 1 N–H and O–H groups in total. The van der Waals surface area contributed by atoms with Gasteiger partial charge in [0.25, 0.3) is 0 Å². The van der Waals surface area contributed by atoms with E-state index in [9.17, 15) is 9.46 Å². The first-order chi connectivity index (χ1) is 9.16. The van der Waals surface area contributed by atoms with Crippen molar-refractivity contribution in [1.82, 2.24) is 0 Å². The van der Waals surface area contributed by atoms with E-state index in [0.717, 1.165) is 11.1 Å². The van der Waals surface area contributed by atoms with E-state index in [2.05, 4.69) is 0 Å². The first-order valence-electron chi connectivity index (χ1n) is 5.96. The Hall–Kier alpha value is -1.89. The summed E-state index contributed by atoms with van der Waals surface area (Å²) in [6.07, 6.45) is 3.33. The zero-order valence-electron chi connectivity index (χ0n) is 10.4. The third-order valence-corrected chi connectivity index (χ3v) is 3.71. The van der Waals surface area contributed by atoms with Crippen LogP contribution in [0.15, 0.2) is 72.3 Å². The van der Waals surface area contributed by atoms with Gasteiger partial charge in [0, 0.05) is 11.6 Å². The summed E-state index contributed by atoms with van der Waals surface area (Å²) >= 11 is 0. The molecule has 19 heavy (non-hydrogen) atoms. The SMILES string of the molecule is O=P(O)(C=Cc1ccccc1)C=Cc1ccccc1. The fourth-order valence-electron chi connectivity index (χ4n) is 1.56. The van der Waals surface area contributed by atoms with E-state index in [1.165, 1.54) is 11.6 Å². The molecule has 0 aliphatic heterocycles. The molecular weight excluding hydrogens is 255 g/mol.